The van der Waals surface area contributed by atoms with Crippen LogP contribution in [0.1, 0.15) is 31.2 Å². The number of unbranched alkanes of at least 4 members (excludes halogenated alkanes) is 1. The lowest BCUT2D eigenvalue weighted by atomic mass is 10.1. The number of hydrogen-bond acceptors (Lipinski definition) is 7. The molecular formula is C19H26N2O7. The summed E-state index contributed by atoms with van der Waals surface area (Å²) in [6.45, 7) is -0.101. The lowest BCUT2D eigenvalue weighted by Crippen LogP contribution is -2.47. The second kappa shape index (κ2) is 13.1. The van der Waals surface area contributed by atoms with Crippen molar-refractivity contribution >= 4 is 23.9 Å². The molecule has 2 amide bonds. The fraction of sp³-hybridized carbons (Fsp3) is 0.474. The highest BCUT2D eigenvalue weighted by molar-refractivity contribution is 5.85. The van der Waals surface area contributed by atoms with Crippen molar-refractivity contribution in [2.24, 2.45) is 0 Å². The zero-order valence-electron chi connectivity index (χ0n) is 16.1. The van der Waals surface area contributed by atoms with E-state index < -0.39 is 24.0 Å². The number of amides is 2. The Balaban J connectivity index is 2.30. The van der Waals surface area contributed by atoms with Crippen LogP contribution in [-0.2, 0) is 35.2 Å². The third-order valence-electron chi connectivity index (χ3n) is 3.78. The number of benzene rings is 1. The molecule has 2 N–H and O–H groups in total. The SMILES string of the molecule is COC(=O)CNC(=O)N[C@@H](CCCCC(=O)OCc1ccccc1)C(=O)OC. The number of carbonyl (C=O) groups excluding carboxylic acids is 4. The van der Waals surface area contributed by atoms with Gasteiger partial charge in [-0.3, -0.25) is 9.59 Å². The summed E-state index contributed by atoms with van der Waals surface area (Å²) >= 11 is 0. The highest BCUT2D eigenvalue weighted by atomic mass is 16.5. The van der Waals surface area contributed by atoms with Crippen LogP contribution in [-0.4, -0.2) is 50.7 Å². The summed E-state index contributed by atoms with van der Waals surface area (Å²) in [5.41, 5.74) is 0.906. The van der Waals surface area contributed by atoms with Gasteiger partial charge in [0.05, 0.1) is 14.2 Å². The molecule has 0 radical (unpaired) electrons. The van der Waals surface area contributed by atoms with Gasteiger partial charge in [-0.1, -0.05) is 36.8 Å². The molecule has 28 heavy (non-hydrogen) atoms. The number of nitrogens with one attached hydrogen (secondary N) is 2. The van der Waals surface area contributed by atoms with Gasteiger partial charge in [0, 0.05) is 6.42 Å². The van der Waals surface area contributed by atoms with E-state index in [1.165, 1.54) is 14.2 Å². The van der Waals surface area contributed by atoms with Crippen LogP contribution < -0.4 is 10.6 Å². The third-order valence-corrected chi connectivity index (χ3v) is 3.78. The van der Waals surface area contributed by atoms with E-state index in [-0.39, 0.29) is 32.0 Å². The van der Waals surface area contributed by atoms with Gasteiger partial charge < -0.3 is 24.8 Å². The van der Waals surface area contributed by atoms with Gasteiger partial charge in [0.1, 0.15) is 19.2 Å². The summed E-state index contributed by atoms with van der Waals surface area (Å²) in [4.78, 5) is 46.3. The van der Waals surface area contributed by atoms with Crippen LogP contribution in [0, 0.1) is 0 Å². The van der Waals surface area contributed by atoms with E-state index in [4.69, 9.17) is 4.74 Å². The van der Waals surface area contributed by atoms with E-state index in [0.717, 1.165) is 5.56 Å². The Kier molecular flexibility index (Phi) is 10.8. The molecule has 0 spiro atoms. The third kappa shape index (κ3) is 9.56. The average molecular weight is 394 g/mol. The van der Waals surface area contributed by atoms with Crippen molar-refractivity contribution in [1.29, 1.82) is 0 Å². The molecule has 0 saturated heterocycles. The van der Waals surface area contributed by atoms with Crippen LogP contribution in [0.2, 0.25) is 0 Å². The Morgan fingerprint density at radius 2 is 1.68 bits per heavy atom. The molecule has 0 unspecified atom stereocenters. The quantitative estimate of drug-likeness (QED) is 0.330. The highest BCUT2D eigenvalue weighted by Gasteiger charge is 2.21. The molecule has 0 bridgehead atoms. The predicted octanol–water partition coefficient (Wildman–Crippen LogP) is 1.30. The van der Waals surface area contributed by atoms with Crippen molar-refractivity contribution in [3.63, 3.8) is 0 Å². The maximum absolute atomic E-state index is 11.8. The van der Waals surface area contributed by atoms with Crippen molar-refractivity contribution in [3.05, 3.63) is 35.9 Å². The van der Waals surface area contributed by atoms with E-state index in [9.17, 15) is 19.2 Å². The van der Waals surface area contributed by atoms with Gasteiger partial charge in [-0.05, 0) is 18.4 Å². The molecule has 0 aliphatic heterocycles. The van der Waals surface area contributed by atoms with Crippen molar-refractivity contribution in [1.82, 2.24) is 10.6 Å². The first-order chi connectivity index (χ1) is 13.5. The highest BCUT2D eigenvalue weighted by Crippen LogP contribution is 2.08. The molecule has 1 rings (SSSR count). The number of methoxy groups -OCH3 is 2. The van der Waals surface area contributed by atoms with Gasteiger partial charge in [0.15, 0.2) is 0 Å². The van der Waals surface area contributed by atoms with Gasteiger partial charge in [0.2, 0.25) is 0 Å². The van der Waals surface area contributed by atoms with Crippen molar-refractivity contribution < 1.29 is 33.4 Å². The number of carbonyl (C=O) groups is 4. The second-order valence-corrected chi connectivity index (χ2v) is 5.87. The molecule has 1 aromatic carbocycles. The number of urea groups is 1. The van der Waals surface area contributed by atoms with Crippen LogP contribution in [0.5, 0.6) is 0 Å². The van der Waals surface area contributed by atoms with Crippen LogP contribution in [0.15, 0.2) is 30.3 Å². The largest absolute Gasteiger partial charge is 0.468 e. The summed E-state index contributed by atoms with van der Waals surface area (Å²) < 4.78 is 14.2. The van der Waals surface area contributed by atoms with Crippen LogP contribution in [0.25, 0.3) is 0 Å². The van der Waals surface area contributed by atoms with Crippen LogP contribution >= 0.6 is 0 Å². The number of esters is 3. The molecule has 0 fully saturated rings. The summed E-state index contributed by atoms with van der Waals surface area (Å²) in [7, 11) is 2.41. The van der Waals surface area contributed by atoms with Gasteiger partial charge in [-0.15, -0.1) is 0 Å². The van der Waals surface area contributed by atoms with Gasteiger partial charge in [0.25, 0.3) is 0 Å². The van der Waals surface area contributed by atoms with Crippen LogP contribution in [0.3, 0.4) is 0 Å². The number of hydrogen-bond donors (Lipinski definition) is 2. The normalized spacial score (nSPS) is 11.1. The van der Waals surface area contributed by atoms with E-state index >= 15 is 0 Å². The maximum atomic E-state index is 11.8. The Morgan fingerprint density at radius 1 is 0.964 bits per heavy atom. The molecule has 0 aliphatic rings. The van der Waals surface area contributed by atoms with Crippen molar-refractivity contribution in [2.45, 2.75) is 38.3 Å². The monoisotopic (exact) mass is 394 g/mol. The smallest absolute Gasteiger partial charge is 0.328 e. The summed E-state index contributed by atoms with van der Waals surface area (Å²) in [5.74, 6) is -1.55. The first kappa shape index (κ1) is 22.9. The fourth-order valence-electron chi connectivity index (χ4n) is 2.25. The lowest BCUT2D eigenvalue weighted by molar-refractivity contribution is -0.145. The molecule has 0 aromatic heterocycles. The number of ether oxygens (including phenoxy) is 3. The van der Waals surface area contributed by atoms with E-state index in [1.807, 2.05) is 30.3 Å². The first-order valence-electron chi connectivity index (χ1n) is 8.84. The Labute approximate surface area is 163 Å². The Bertz CT molecular complexity index is 649. The Hall–Kier alpha value is -3.10. The zero-order chi connectivity index (χ0) is 20.8. The fourth-order valence-corrected chi connectivity index (χ4v) is 2.25. The molecule has 0 saturated carbocycles. The molecule has 154 valence electrons. The zero-order valence-corrected chi connectivity index (χ0v) is 16.1. The number of rotatable bonds is 11. The standard InChI is InChI=1S/C19H26N2O7/c1-26-17(23)12-20-19(25)21-15(18(24)27-2)10-6-7-11-16(22)28-13-14-8-4-3-5-9-14/h3-5,8-9,15H,6-7,10-13H2,1-2H3,(H2,20,21,25)/t15-/m0/s1. The first-order valence-corrected chi connectivity index (χ1v) is 8.84. The summed E-state index contributed by atoms with van der Waals surface area (Å²) in [6, 6.07) is 7.77. The average Bonchev–Trinajstić information content (AvgIpc) is 2.72. The second-order valence-electron chi connectivity index (χ2n) is 5.87. The van der Waals surface area contributed by atoms with E-state index in [0.29, 0.717) is 12.8 Å². The lowest BCUT2D eigenvalue weighted by Gasteiger charge is -2.16. The van der Waals surface area contributed by atoms with Crippen molar-refractivity contribution in [3.8, 4) is 0 Å². The summed E-state index contributed by atoms with van der Waals surface area (Å²) in [6.07, 6.45) is 1.48. The molecule has 9 heteroatoms. The molecular weight excluding hydrogens is 368 g/mol. The Morgan fingerprint density at radius 3 is 2.32 bits per heavy atom. The van der Waals surface area contributed by atoms with Crippen molar-refractivity contribution in [2.75, 3.05) is 20.8 Å². The molecule has 1 aromatic rings. The van der Waals surface area contributed by atoms with Gasteiger partial charge >= 0.3 is 23.9 Å². The topological polar surface area (TPSA) is 120 Å². The predicted molar refractivity (Wildman–Crippen MR) is 99.1 cm³/mol. The minimum Gasteiger partial charge on any atom is -0.468 e. The molecule has 0 heterocycles. The van der Waals surface area contributed by atoms with E-state index in [1.54, 1.807) is 0 Å². The van der Waals surface area contributed by atoms with Crippen LogP contribution in [0.4, 0.5) is 4.79 Å². The molecule has 9 nitrogen and oxygen atoms in total. The summed E-state index contributed by atoms with van der Waals surface area (Å²) in [5, 5.41) is 4.71. The molecule has 0 aliphatic carbocycles. The van der Waals surface area contributed by atoms with Gasteiger partial charge in [-0.25, -0.2) is 9.59 Å². The molecule has 1 atom stereocenters. The minimum atomic E-state index is -0.886. The maximum Gasteiger partial charge on any atom is 0.328 e. The minimum absolute atomic E-state index is 0.204. The van der Waals surface area contributed by atoms with Gasteiger partial charge in [-0.2, -0.15) is 0 Å². The van der Waals surface area contributed by atoms with E-state index in [2.05, 4.69) is 20.1 Å².